The number of carbonyl (C=O) groups is 2. The Kier molecular flexibility index (Phi) is 9.11. The van der Waals surface area contributed by atoms with Crippen LogP contribution in [0.25, 0.3) is 11.1 Å². The van der Waals surface area contributed by atoms with Gasteiger partial charge in [-0.15, -0.1) is 0 Å². The third-order valence-corrected chi connectivity index (χ3v) is 9.05. The summed E-state index contributed by atoms with van der Waals surface area (Å²) >= 11 is 0. The van der Waals surface area contributed by atoms with Crippen LogP contribution in [0.3, 0.4) is 0 Å². The van der Waals surface area contributed by atoms with E-state index in [1.165, 1.54) is 6.07 Å². The highest BCUT2D eigenvalue weighted by molar-refractivity contribution is 7.91. The molecule has 1 N–H and O–H groups in total. The van der Waals surface area contributed by atoms with Crippen LogP contribution >= 0.6 is 0 Å². The van der Waals surface area contributed by atoms with E-state index in [0.29, 0.717) is 0 Å². The molecule has 0 atom stereocenters. The maximum atomic E-state index is 14.0. The van der Waals surface area contributed by atoms with Crippen molar-refractivity contribution >= 4 is 33.1 Å². The second-order valence-electron chi connectivity index (χ2n) is 12.0. The van der Waals surface area contributed by atoms with Crippen LogP contribution in [0.1, 0.15) is 47.1 Å². The quantitative estimate of drug-likeness (QED) is 0.137. The summed E-state index contributed by atoms with van der Waals surface area (Å²) in [6, 6.07) is 28.6. The van der Waals surface area contributed by atoms with Gasteiger partial charge < -0.3 is 24.6 Å². The van der Waals surface area contributed by atoms with Crippen LogP contribution in [-0.4, -0.2) is 50.5 Å². The minimum Gasteiger partial charge on any atom is -0.627 e. The van der Waals surface area contributed by atoms with Crippen LogP contribution in [0.4, 0.5) is 11.4 Å². The van der Waals surface area contributed by atoms with E-state index in [0.717, 1.165) is 16.7 Å². The topological polar surface area (TPSA) is 122 Å². The van der Waals surface area contributed by atoms with Gasteiger partial charge in [-0.1, -0.05) is 66.7 Å². The lowest BCUT2D eigenvalue weighted by Crippen LogP contribution is -2.53. The number of sulfone groups is 1. The maximum Gasteiger partial charge on any atom is 0.340 e. The van der Waals surface area contributed by atoms with E-state index in [-0.39, 0.29) is 59.5 Å². The van der Waals surface area contributed by atoms with Crippen LogP contribution < -0.4 is 14.7 Å². The van der Waals surface area contributed by atoms with E-state index in [1.807, 2.05) is 60.7 Å². The van der Waals surface area contributed by atoms with Gasteiger partial charge in [-0.25, -0.2) is 13.2 Å². The summed E-state index contributed by atoms with van der Waals surface area (Å²) in [5, 5.41) is 16.6. The molecule has 0 radical (unpaired) electrons. The van der Waals surface area contributed by atoms with Crippen LogP contribution in [0.2, 0.25) is 0 Å². The van der Waals surface area contributed by atoms with Crippen molar-refractivity contribution in [2.45, 2.75) is 33.0 Å². The standard InChI is InChI=1S/C35H36N2O7S/c1-35(2,3)44-34(39)29-16-14-27(26-12-8-5-9-13-26)22-31(29)36-33(38)30-23-28(37(40)18-20-45(41,42)21-19-37)15-17-32(30)43-24-25-10-6-4-7-11-25/h4-17,22-23H,18-21,24H2,1-3H3,(H,36,38). The number of hydrogen-bond donors (Lipinski definition) is 1. The van der Waals surface area contributed by atoms with Gasteiger partial charge in [-0.05, 0) is 55.7 Å². The lowest BCUT2D eigenvalue weighted by Gasteiger charge is -2.44. The number of quaternary nitrogens is 1. The fourth-order valence-corrected chi connectivity index (χ4v) is 6.36. The summed E-state index contributed by atoms with van der Waals surface area (Å²) in [7, 11) is -3.29. The summed E-state index contributed by atoms with van der Waals surface area (Å²) in [5.41, 5.74) is 2.47. The first kappa shape index (κ1) is 31.9. The molecule has 9 nitrogen and oxygen atoms in total. The minimum atomic E-state index is -3.29. The highest BCUT2D eigenvalue weighted by atomic mass is 32.2. The molecule has 0 unspecified atom stereocenters. The molecule has 1 heterocycles. The summed E-state index contributed by atoms with van der Waals surface area (Å²) in [6.07, 6.45) is 0. The molecule has 45 heavy (non-hydrogen) atoms. The fraction of sp³-hybridized carbons (Fsp3) is 0.257. The van der Waals surface area contributed by atoms with Crippen molar-refractivity contribution in [3.05, 3.63) is 119 Å². The number of nitrogens with zero attached hydrogens (tertiary/aromatic N) is 1. The number of hydroxylamine groups is 2. The van der Waals surface area contributed by atoms with E-state index < -0.39 is 32.0 Å². The van der Waals surface area contributed by atoms with E-state index in [2.05, 4.69) is 5.32 Å². The number of hydrogen-bond acceptors (Lipinski definition) is 7. The third-order valence-electron chi connectivity index (χ3n) is 7.44. The number of esters is 1. The van der Waals surface area contributed by atoms with Gasteiger partial charge in [0.2, 0.25) is 0 Å². The average molecular weight is 629 g/mol. The number of amides is 1. The molecule has 4 aromatic rings. The van der Waals surface area contributed by atoms with Crippen molar-refractivity contribution in [1.82, 2.24) is 4.65 Å². The van der Waals surface area contributed by atoms with Gasteiger partial charge in [-0.2, -0.15) is 0 Å². The number of nitrogens with one attached hydrogen (secondary N) is 1. The Bertz CT molecular complexity index is 1790. The normalized spacial score (nSPS) is 15.6. The van der Waals surface area contributed by atoms with Gasteiger partial charge in [0.25, 0.3) is 5.91 Å². The van der Waals surface area contributed by atoms with Crippen LogP contribution in [0.15, 0.2) is 97.1 Å². The highest BCUT2D eigenvalue weighted by Gasteiger charge is 2.33. The molecular formula is C35H36N2O7S. The molecule has 1 fully saturated rings. The smallest absolute Gasteiger partial charge is 0.340 e. The molecule has 5 rings (SSSR count). The Labute approximate surface area is 263 Å². The number of carbonyl (C=O) groups excluding carboxylic acids is 2. The van der Waals surface area contributed by atoms with E-state index >= 15 is 0 Å². The first-order valence-corrected chi connectivity index (χ1v) is 16.5. The monoisotopic (exact) mass is 628 g/mol. The molecule has 1 aliphatic rings. The summed E-state index contributed by atoms with van der Waals surface area (Å²) < 4.78 is 34.9. The van der Waals surface area contributed by atoms with E-state index in [9.17, 15) is 23.2 Å². The number of ether oxygens (including phenoxy) is 2. The van der Waals surface area contributed by atoms with Crippen LogP contribution in [0, 0.1) is 5.21 Å². The van der Waals surface area contributed by atoms with Crippen molar-refractivity contribution in [2.75, 3.05) is 29.9 Å². The predicted octanol–water partition coefficient (Wildman–Crippen LogP) is 6.37. The predicted molar refractivity (Wildman–Crippen MR) is 176 cm³/mol. The first-order chi connectivity index (χ1) is 21.3. The van der Waals surface area contributed by atoms with Crippen molar-refractivity contribution in [3.8, 4) is 16.9 Å². The molecule has 1 aliphatic heterocycles. The largest absolute Gasteiger partial charge is 0.627 e. The molecular weight excluding hydrogens is 592 g/mol. The molecule has 0 saturated carbocycles. The van der Waals surface area contributed by atoms with Crippen molar-refractivity contribution < 1.29 is 27.5 Å². The average Bonchev–Trinajstić information content (AvgIpc) is 3.01. The zero-order valence-corrected chi connectivity index (χ0v) is 26.3. The molecule has 0 bridgehead atoms. The van der Waals surface area contributed by atoms with Crippen LogP contribution in [-0.2, 0) is 21.2 Å². The third kappa shape index (κ3) is 7.96. The number of rotatable bonds is 8. The molecule has 4 aromatic carbocycles. The molecule has 1 saturated heterocycles. The van der Waals surface area contributed by atoms with Crippen molar-refractivity contribution in [3.63, 3.8) is 0 Å². The van der Waals surface area contributed by atoms with E-state index in [1.54, 1.807) is 51.1 Å². The lowest BCUT2D eigenvalue weighted by atomic mass is 10.0. The van der Waals surface area contributed by atoms with Crippen molar-refractivity contribution in [1.29, 1.82) is 0 Å². The Hall–Kier alpha value is -4.51. The molecule has 1 amide bonds. The van der Waals surface area contributed by atoms with Crippen LogP contribution in [0.5, 0.6) is 5.75 Å². The summed E-state index contributed by atoms with van der Waals surface area (Å²) in [4.78, 5) is 27.3. The first-order valence-electron chi connectivity index (χ1n) is 14.7. The zero-order chi connectivity index (χ0) is 32.2. The molecule has 10 heteroatoms. The zero-order valence-electron chi connectivity index (χ0n) is 25.5. The van der Waals surface area contributed by atoms with E-state index in [4.69, 9.17) is 9.47 Å². The van der Waals surface area contributed by atoms with Gasteiger partial charge in [-0.3, -0.25) is 4.79 Å². The number of benzene rings is 4. The Morgan fingerprint density at radius 3 is 2.11 bits per heavy atom. The Morgan fingerprint density at radius 1 is 0.822 bits per heavy atom. The van der Waals surface area contributed by atoms with Gasteiger partial charge in [0.1, 0.15) is 35.2 Å². The molecule has 0 aromatic heterocycles. The van der Waals surface area contributed by atoms with Gasteiger partial charge in [0, 0.05) is 12.1 Å². The van der Waals surface area contributed by atoms with Gasteiger partial charge in [0.05, 0.1) is 29.9 Å². The van der Waals surface area contributed by atoms with Gasteiger partial charge in [0.15, 0.2) is 9.84 Å². The second-order valence-corrected chi connectivity index (χ2v) is 14.3. The lowest BCUT2D eigenvalue weighted by molar-refractivity contribution is 0.00707. The molecule has 0 aliphatic carbocycles. The second kappa shape index (κ2) is 12.8. The summed E-state index contributed by atoms with van der Waals surface area (Å²) in [5.74, 6) is -1.46. The maximum absolute atomic E-state index is 14.0. The highest BCUT2D eigenvalue weighted by Crippen LogP contribution is 2.33. The minimum absolute atomic E-state index is 0.0745. The molecule has 234 valence electrons. The molecule has 0 spiro atoms. The Balaban J connectivity index is 1.53. The number of anilines is 1. The Morgan fingerprint density at radius 2 is 1.47 bits per heavy atom. The summed E-state index contributed by atoms with van der Waals surface area (Å²) in [6.45, 7) is 5.14. The fourth-order valence-electron chi connectivity index (χ4n) is 5.01. The van der Waals surface area contributed by atoms with Gasteiger partial charge >= 0.3 is 5.97 Å². The SMILES string of the molecule is CC(C)(C)OC(=O)c1ccc(-c2ccccc2)cc1NC(=O)c1cc([N+]2([O-])CCS(=O)(=O)CC2)ccc1OCc1ccccc1. The van der Waals surface area contributed by atoms with Crippen molar-refractivity contribution in [2.24, 2.45) is 0 Å².